The Hall–Kier alpha value is -2.34. The first-order chi connectivity index (χ1) is 11.3. The van der Waals surface area contributed by atoms with Gasteiger partial charge in [0.15, 0.2) is 9.84 Å². The fraction of sp³-hybridized carbons (Fsp3) is 0.278. The van der Waals surface area contributed by atoms with Crippen molar-refractivity contribution in [3.05, 3.63) is 59.7 Å². The number of carbonyl (C=O) groups excluding carboxylic acids is 1. The van der Waals surface area contributed by atoms with Crippen molar-refractivity contribution in [2.24, 2.45) is 0 Å². The van der Waals surface area contributed by atoms with Crippen LogP contribution < -0.4 is 10.1 Å². The van der Waals surface area contributed by atoms with Gasteiger partial charge in [0, 0.05) is 11.8 Å². The third-order valence-electron chi connectivity index (χ3n) is 3.78. The minimum absolute atomic E-state index is 0.184. The van der Waals surface area contributed by atoms with Gasteiger partial charge in [-0.05, 0) is 48.4 Å². The fourth-order valence-corrected chi connectivity index (χ4v) is 2.98. The Bertz CT molecular complexity index is 796. The Balaban J connectivity index is 2.14. The van der Waals surface area contributed by atoms with Gasteiger partial charge in [-0.2, -0.15) is 0 Å². The number of benzene rings is 2. The molecular formula is C18H21NO4S. The van der Waals surface area contributed by atoms with Gasteiger partial charge in [-0.3, -0.25) is 4.79 Å². The Labute approximate surface area is 142 Å². The molecule has 1 unspecified atom stereocenters. The molecule has 0 radical (unpaired) electrons. The van der Waals surface area contributed by atoms with E-state index in [4.69, 9.17) is 4.74 Å². The molecule has 0 aliphatic rings. The first-order valence-corrected chi connectivity index (χ1v) is 9.49. The summed E-state index contributed by atoms with van der Waals surface area (Å²) in [6, 6.07) is 13.3. The number of rotatable bonds is 6. The van der Waals surface area contributed by atoms with E-state index < -0.39 is 9.84 Å². The lowest BCUT2D eigenvalue weighted by Gasteiger charge is -2.18. The lowest BCUT2D eigenvalue weighted by molar-refractivity contribution is 0.0935. The Kier molecular flexibility index (Phi) is 5.62. The molecule has 0 aromatic heterocycles. The molecule has 0 aliphatic carbocycles. The van der Waals surface area contributed by atoms with Crippen molar-refractivity contribution in [1.29, 1.82) is 0 Å². The van der Waals surface area contributed by atoms with Crippen molar-refractivity contribution in [1.82, 2.24) is 5.32 Å². The number of hydrogen-bond acceptors (Lipinski definition) is 4. The van der Waals surface area contributed by atoms with Crippen LogP contribution in [0.2, 0.25) is 0 Å². The van der Waals surface area contributed by atoms with E-state index in [1.165, 1.54) is 6.26 Å². The number of amides is 1. The van der Waals surface area contributed by atoms with Gasteiger partial charge in [0.2, 0.25) is 0 Å². The van der Waals surface area contributed by atoms with Crippen molar-refractivity contribution in [2.45, 2.75) is 24.3 Å². The zero-order valence-electron chi connectivity index (χ0n) is 13.9. The quantitative estimate of drug-likeness (QED) is 0.872. The zero-order chi connectivity index (χ0) is 17.7. The van der Waals surface area contributed by atoms with Crippen LogP contribution in [0.5, 0.6) is 5.75 Å². The molecule has 2 aromatic carbocycles. The topological polar surface area (TPSA) is 72.5 Å². The second-order valence-corrected chi connectivity index (χ2v) is 7.52. The molecule has 0 bridgehead atoms. The molecule has 2 rings (SSSR count). The van der Waals surface area contributed by atoms with Crippen LogP contribution in [-0.2, 0) is 9.84 Å². The van der Waals surface area contributed by atoms with Crippen LogP contribution in [-0.4, -0.2) is 27.7 Å². The molecule has 0 saturated heterocycles. The van der Waals surface area contributed by atoms with Crippen molar-refractivity contribution in [3.63, 3.8) is 0 Å². The van der Waals surface area contributed by atoms with Crippen LogP contribution >= 0.6 is 0 Å². The van der Waals surface area contributed by atoms with Gasteiger partial charge >= 0.3 is 0 Å². The predicted octanol–water partition coefficient (Wildman–Crippen LogP) is 2.98. The molecule has 2 aromatic rings. The molecule has 6 heteroatoms. The third-order valence-corrected chi connectivity index (χ3v) is 4.90. The molecule has 128 valence electrons. The minimum Gasteiger partial charge on any atom is -0.497 e. The largest absolute Gasteiger partial charge is 0.497 e. The first-order valence-electron chi connectivity index (χ1n) is 7.60. The summed E-state index contributed by atoms with van der Waals surface area (Å²) in [5, 5.41) is 2.97. The van der Waals surface area contributed by atoms with Crippen LogP contribution in [0.3, 0.4) is 0 Å². The normalized spacial score (nSPS) is 12.5. The lowest BCUT2D eigenvalue weighted by Crippen LogP contribution is -2.28. The lowest BCUT2D eigenvalue weighted by atomic mass is 10.0. The predicted molar refractivity (Wildman–Crippen MR) is 93.0 cm³/mol. The van der Waals surface area contributed by atoms with E-state index in [9.17, 15) is 13.2 Å². The standard InChI is InChI=1S/C18H21NO4S/c1-4-17(13-7-11-16(12-8-13)24(3,21)22)19-18(20)14-5-9-15(23-2)10-6-14/h5-12,17H,4H2,1-3H3,(H,19,20). The molecule has 0 fully saturated rings. The van der Waals surface area contributed by atoms with Crippen molar-refractivity contribution >= 4 is 15.7 Å². The number of nitrogens with one attached hydrogen (secondary N) is 1. The van der Waals surface area contributed by atoms with Gasteiger partial charge in [-0.15, -0.1) is 0 Å². The molecular weight excluding hydrogens is 326 g/mol. The third kappa shape index (κ3) is 4.35. The Morgan fingerprint density at radius 3 is 2.12 bits per heavy atom. The molecule has 0 spiro atoms. The monoisotopic (exact) mass is 347 g/mol. The highest BCUT2D eigenvalue weighted by atomic mass is 32.2. The summed E-state index contributed by atoms with van der Waals surface area (Å²) in [5.74, 6) is 0.506. The summed E-state index contributed by atoms with van der Waals surface area (Å²) in [4.78, 5) is 12.6. The molecule has 1 atom stereocenters. The molecule has 5 nitrogen and oxygen atoms in total. The maximum atomic E-state index is 12.4. The smallest absolute Gasteiger partial charge is 0.251 e. The summed E-state index contributed by atoms with van der Waals surface area (Å²) in [6.45, 7) is 1.96. The van der Waals surface area contributed by atoms with Gasteiger partial charge in [-0.25, -0.2) is 8.42 Å². The first kappa shape index (κ1) is 18.0. The summed E-state index contributed by atoms with van der Waals surface area (Å²) >= 11 is 0. The average Bonchev–Trinajstić information content (AvgIpc) is 2.59. The summed E-state index contributed by atoms with van der Waals surface area (Å²) < 4.78 is 28.1. The van der Waals surface area contributed by atoms with Gasteiger partial charge in [0.1, 0.15) is 5.75 Å². The fourth-order valence-electron chi connectivity index (χ4n) is 2.35. The van der Waals surface area contributed by atoms with Crippen LogP contribution in [0.15, 0.2) is 53.4 Å². The van der Waals surface area contributed by atoms with Crippen LogP contribution in [0, 0.1) is 0 Å². The van der Waals surface area contributed by atoms with Gasteiger partial charge in [0.25, 0.3) is 5.91 Å². The molecule has 1 N–H and O–H groups in total. The van der Waals surface area contributed by atoms with Gasteiger partial charge < -0.3 is 10.1 Å². The van der Waals surface area contributed by atoms with Gasteiger partial charge in [0.05, 0.1) is 18.0 Å². The van der Waals surface area contributed by atoms with E-state index in [1.54, 1.807) is 55.6 Å². The van der Waals surface area contributed by atoms with Crippen LogP contribution in [0.25, 0.3) is 0 Å². The Morgan fingerprint density at radius 2 is 1.67 bits per heavy atom. The molecule has 0 aliphatic heterocycles. The highest BCUT2D eigenvalue weighted by molar-refractivity contribution is 7.90. The highest BCUT2D eigenvalue weighted by Crippen LogP contribution is 2.20. The van der Waals surface area contributed by atoms with E-state index in [-0.39, 0.29) is 16.8 Å². The number of hydrogen-bond donors (Lipinski definition) is 1. The second-order valence-electron chi connectivity index (χ2n) is 5.50. The van der Waals surface area contributed by atoms with Crippen LogP contribution in [0.4, 0.5) is 0 Å². The molecule has 24 heavy (non-hydrogen) atoms. The van der Waals surface area contributed by atoms with Crippen LogP contribution in [0.1, 0.15) is 35.3 Å². The van der Waals surface area contributed by atoms with Crippen molar-refractivity contribution < 1.29 is 17.9 Å². The molecule has 1 amide bonds. The van der Waals surface area contributed by atoms with E-state index in [1.807, 2.05) is 6.92 Å². The van der Waals surface area contributed by atoms with E-state index >= 15 is 0 Å². The highest BCUT2D eigenvalue weighted by Gasteiger charge is 2.15. The SMILES string of the molecule is CCC(NC(=O)c1ccc(OC)cc1)c1ccc(S(C)(=O)=O)cc1. The van der Waals surface area contributed by atoms with Crippen molar-refractivity contribution in [3.8, 4) is 5.75 Å². The maximum absolute atomic E-state index is 12.4. The number of carbonyl (C=O) groups is 1. The molecule has 0 saturated carbocycles. The average molecular weight is 347 g/mol. The second kappa shape index (κ2) is 7.49. The number of methoxy groups -OCH3 is 1. The van der Waals surface area contributed by atoms with E-state index in [0.717, 1.165) is 5.56 Å². The summed E-state index contributed by atoms with van der Waals surface area (Å²) in [5.41, 5.74) is 1.41. The minimum atomic E-state index is -3.22. The van der Waals surface area contributed by atoms with Crippen molar-refractivity contribution in [2.75, 3.05) is 13.4 Å². The van der Waals surface area contributed by atoms with E-state index in [2.05, 4.69) is 5.32 Å². The van der Waals surface area contributed by atoms with E-state index in [0.29, 0.717) is 17.7 Å². The zero-order valence-corrected chi connectivity index (χ0v) is 14.8. The summed E-state index contributed by atoms with van der Waals surface area (Å²) in [6.07, 6.45) is 1.87. The molecule has 0 heterocycles. The summed E-state index contributed by atoms with van der Waals surface area (Å²) in [7, 11) is -1.65. The number of sulfone groups is 1. The number of ether oxygens (including phenoxy) is 1. The van der Waals surface area contributed by atoms with Gasteiger partial charge in [-0.1, -0.05) is 19.1 Å². The maximum Gasteiger partial charge on any atom is 0.251 e. The Morgan fingerprint density at radius 1 is 1.08 bits per heavy atom.